The Labute approximate surface area is 249 Å². The van der Waals surface area contributed by atoms with Crippen molar-refractivity contribution in [2.24, 2.45) is 29.6 Å². The molecule has 2 aliphatic carbocycles. The first-order valence-corrected chi connectivity index (χ1v) is 14.2. The summed E-state index contributed by atoms with van der Waals surface area (Å²) in [6, 6.07) is 19.8. The van der Waals surface area contributed by atoms with Crippen LogP contribution in [0.15, 0.2) is 90.5 Å². The molecule has 2 heterocycles. The molecular weight excluding hydrogens is 577 g/mol. The second kappa shape index (κ2) is 10.1. The molecule has 6 atom stereocenters. The van der Waals surface area contributed by atoms with Gasteiger partial charge in [-0.2, -0.15) is 0 Å². The van der Waals surface area contributed by atoms with Crippen molar-refractivity contribution in [3.63, 3.8) is 0 Å². The van der Waals surface area contributed by atoms with E-state index < -0.39 is 65.3 Å². The number of benzene rings is 3. The average molecular weight is 603 g/mol. The number of carbonyl (C=O) groups is 4. The fourth-order valence-electron chi connectivity index (χ4n) is 7.58. The standard InChI is InChI=1S/C33H25F3N2O6/c34-33(35,36)44-19-11-14-25(39)23(15-19)26-20-12-13-21-27(31(42)37(29(21)40)17-7-3-1-4-8-17)22(20)16-24-28(26)32(43)38(30(24)41)18-9-5-2-6-10-18/h1-12,14-15,21-22,24,26-28,39H,13,16H2/t21-,22+,24+,26+,27-,28+/m0/s1. The number of anilines is 2. The number of ether oxygens (including phenoxy) is 1. The molecule has 1 saturated carbocycles. The Morgan fingerprint density at radius 2 is 1.27 bits per heavy atom. The molecule has 1 N–H and O–H groups in total. The molecular formula is C33H25F3N2O6. The molecule has 0 spiro atoms. The number of hydrogen-bond donors (Lipinski definition) is 1. The van der Waals surface area contributed by atoms with Gasteiger partial charge in [-0.25, -0.2) is 0 Å². The summed E-state index contributed by atoms with van der Waals surface area (Å²) in [7, 11) is 0. The summed E-state index contributed by atoms with van der Waals surface area (Å²) in [5.74, 6) is -8.15. The van der Waals surface area contributed by atoms with E-state index in [0.29, 0.717) is 16.9 Å². The molecule has 7 rings (SSSR count). The van der Waals surface area contributed by atoms with Gasteiger partial charge in [-0.3, -0.25) is 29.0 Å². The van der Waals surface area contributed by atoms with Crippen molar-refractivity contribution in [3.8, 4) is 11.5 Å². The van der Waals surface area contributed by atoms with Gasteiger partial charge < -0.3 is 9.84 Å². The lowest BCUT2D eigenvalue weighted by molar-refractivity contribution is -0.274. The van der Waals surface area contributed by atoms with E-state index in [1.165, 1.54) is 0 Å². The zero-order valence-electron chi connectivity index (χ0n) is 23.0. The lowest BCUT2D eigenvalue weighted by Gasteiger charge is -2.44. The fraction of sp³-hybridized carbons (Fsp3) is 0.273. The van der Waals surface area contributed by atoms with Gasteiger partial charge in [0.25, 0.3) is 0 Å². The highest BCUT2D eigenvalue weighted by Crippen LogP contribution is 2.59. The number of halogens is 3. The maximum absolute atomic E-state index is 14.1. The summed E-state index contributed by atoms with van der Waals surface area (Å²) in [5, 5.41) is 11.0. The van der Waals surface area contributed by atoms with E-state index in [1.807, 2.05) is 0 Å². The Morgan fingerprint density at radius 1 is 0.705 bits per heavy atom. The summed E-state index contributed by atoms with van der Waals surface area (Å²) in [6.07, 6.45) is -3.01. The summed E-state index contributed by atoms with van der Waals surface area (Å²) < 4.78 is 43.7. The minimum absolute atomic E-state index is 0.0242. The van der Waals surface area contributed by atoms with Crippen molar-refractivity contribution in [3.05, 3.63) is 96.1 Å². The number of imide groups is 2. The number of allylic oxidation sites excluding steroid dienone is 2. The van der Waals surface area contributed by atoms with E-state index in [9.17, 15) is 37.5 Å². The van der Waals surface area contributed by atoms with Gasteiger partial charge in [0.05, 0.1) is 35.0 Å². The predicted octanol–water partition coefficient (Wildman–Crippen LogP) is 5.34. The van der Waals surface area contributed by atoms with E-state index in [0.717, 1.165) is 28.0 Å². The van der Waals surface area contributed by atoms with E-state index in [4.69, 9.17) is 0 Å². The van der Waals surface area contributed by atoms with Crippen LogP contribution in [-0.2, 0) is 19.2 Å². The molecule has 11 heteroatoms. The van der Waals surface area contributed by atoms with Gasteiger partial charge in [-0.15, -0.1) is 13.2 Å². The molecule has 224 valence electrons. The minimum atomic E-state index is -5.01. The highest BCUT2D eigenvalue weighted by Gasteiger charge is 2.62. The molecule has 0 bridgehead atoms. The van der Waals surface area contributed by atoms with Gasteiger partial charge in [0.1, 0.15) is 11.5 Å². The van der Waals surface area contributed by atoms with Crippen LogP contribution in [0, 0.1) is 29.6 Å². The minimum Gasteiger partial charge on any atom is -0.508 e. The van der Waals surface area contributed by atoms with Gasteiger partial charge in [-0.1, -0.05) is 48.0 Å². The van der Waals surface area contributed by atoms with Crippen molar-refractivity contribution in [1.82, 2.24) is 0 Å². The number of aromatic hydroxyl groups is 1. The Hall–Kier alpha value is -4.93. The molecule has 2 aliphatic heterocycles. The van der Waals surface area contributed by atoms with Crippen LogP contribution in [0.25, 0.3) is 0 Å². The zero-order chi connectivity index (χ0) is 30.9. The third-order valence-electron chi connectivity index (χ3n) is 9.24. The number of fused-ring (bicyclic) bond motifs is 4. The van der Waals surface area contributed by atoms with Gasteiger partial charge in [0.15, 0.2) is 0 Å². The largest absolute Gasteiger partial charge is 0.573 e. The number of para-hydroxylation sites is 2. The molecule has 0 unspecified atom stereocenters. The number of alkyl halides is 3. The number of nitrogens with zero attached hydrogens (tertiary/aromatic N) is 2. The van der Waals surface area contributed by atoms with Gasteiger partial charge in [0.2, 0.25) is 23.6 Å². The summed E-state index contributed by atoms with van der Waals surface area (Å²) in [5.41, 5.74) is 1.27. The van der Waals surface area contributed by atoms with E-state index in [1.54, 1.807) is 66.7 Å². The van der Waals surface area contributed by atoms with Crippen molar-refractivity contribution in [1.29, 1.82) is 0 Å². The second-order valence-electron chi connectivity index (χ2n) is 11.5. The van der Waals surface area contributed by atoms with E-state index in [-0.39, 0.29) is 30.1 Å². The van der Waals surface area contributed by atoms with Gasteiger partial charge in [-0.05, 0) is 61.2 Å². The van der Waals surface area contributed by atoms with Gasteiger partial charge in [0, 0.05) is 11.5 Å². The third kappa shape index (κ3) is 4.29. The number of amides is 4. The molecule has 3 aromatic rings. The smallest absolute Gasteiger partial charge is 0.508 e. The molecule has 4 aliphatic rings. The molecule has 0 radical (unpaired) electrons. The lowest BCUT2D eigenvalue weighted by Crippen LogP contribution is -2.43. The predicted molar refractivity (Wildman–Crippen MR) is 150 cm³/mol. The average Bonchev–Trinajstić information content (AvgIpc) is 3.41. The summed E-state index contributed by atoms with van der Waals surface area (Å²) in [6.45, 7) is 0. The fourth-order valence-corrected chi connectivity index (χ4v) is 7.58. The SMILES string of the molecule is O=C1[C@H]2[C@H](CC=C3[C@H]2C[C@H]2C(=O)N(c4ccccc4)C(=O)[C@H]2[C@H]3c2cc(OC(F)(F)F)ccc2O)C(=O)N1c1ccccc1. The van der Waals surface area contributed by atoms with Crippen molar-refractivity contribution >= 4 is 35.0 Å². The highest BCUT2D eigenvalue weighted by atomic mass is 19.4. The second-order valence-corrected chi connectivity index (χ2v) is 11.5. The van der Waals surface area contributed by atoms with Crippen LogP contribution in [0.1, 0.15) is 24.3 Å². The van der Waals surface area contributed by atoms with Crippen LogP contribution in [0.4, 0.5) is 24.5 Å². The zero-order valence-corrected chi connectivity index (χ0v) is 23.0. The maximum atomic E-state index is 14.1. The molecule has 3 fully saturated rings. The molecule has 4 amide bonds. The molecule has 8 nitrogen and oxygen atoms in total. The first-order valence-electron chi connectivity index (χ1n) is 14.2. The molecule has 44 heavy (non-hydrogen) atoms. The number of hydrogen-bond acceptors (Lipinski definition) is 6. The number of phenolic OH excluding ortho intramolecular Hbond substituents is 1. The quantitative estimate of drug-likeness (QED) is 0.320. The van der Waals surface area contributed by atoms with Crippen LogP contribution >= 0.6 is 0 Å². The first kappa shape index (κ1) is 27.9. The molecule has 0 aromatic heterocycles. The van der Waals surface area contributed by atoms with Crippen molar-refractivity contribution < 1.29 is 42.2 Å². The highest BCUT2D eigenvalue weighted by molar-refractivity contribution is 6.24. The normalized spacial score (nSPS) is 28.0. The number of phenols is 1. The van der Waals surface area contributed by atoms with Crippen LogP contribution in [-0.4, -0.2) is 35.1 Å². The molecule has 2 saturated heterocycles. The Kier molecular flexibility index (Phi) is 6.38. The van der Waals surface area contributed by atoms with Crippen molar-refractivity contribution in [2.75, 3.05) is 9.80 Å². The first-order chi connectivity index (χ1) is 21.0. The Balaban J connectivity index is 1.36. The van der Waals surface area contributed by atoms with Crippen molar-refractivity contribution in [2.45, 2.75) is 25.1 Å². The Morgan fingerprint density at radius 3 is 1.86 bits per heavy atom. The van der Waals surface area contributed by atoms with E-state index in [2.05, 4.69) is 4.74 Å². The monoisotopic (exact) mass is 602 g/mol. The summed E-state index contributed by atoms with van der Waals surface area (Å²) >= 11 is 0. The van der Waals surface area contributed by atoms with Crippen LogP contribution in [0.5, 0.6) is 11.5 Å². The number of rotatable bonds is 4. The van der Waals surface area contributed by atoms with E-state index >= 15 is 0 Å². The third-order valence-corrected chi connectivity index (χ3v) is 9.24. The topological polar surface area (TPSA) is 104 Å². The lowest BCUT2D eigenvalue weighted by atomic mass is 9.57. The summed E-state index contributed by atoms with van der Waals surface area (Å²) in [4.78, 5) is 57.8. The molecule has 3 aromatic carbocycles. The van der Waals surface area contributed by atoms with Gasteiger partial charge >= 0.3 is 6.36 Å². The van der Waals surface area contributed by atoms with Crippen LogP contribution in [0.2, 0.25) is 0 Å². The Bertz CT molecular complexity index is 1720. The maximum Gasteiger partial charge on any atom is 0.573 e. The van der Waals surface area contributed by atoms with Crippen LogP contribution < -0.4 is 14.5 Å². The van der Waals surface area contributed by atoms with Crippen LogP contribution in [0.3, 0.4) is 0 Å². The number of carbonyl (C=O) groups excluding carboxylic acids is 4.